The van der Waals surface area contributed by atoms with Crippen LogP contribution in [0.15, 0.2) is 29.1 Å². The molecule has 1 fully saturated rings. The van der Waals surface area contributed by atoms with E-state index in [-0.39, 0.29) is 5.56 Å². The van der Waals surface area contributed by atoms with Gasteiger partial charge in [0.1, 0.15) is 11.4 Å². The lowest BCUT2D eigenvalue weighted by molar-refractivity contribution is -0.895. The molecule has 1 unspecified atom stereocenters. The van der Waals surface area contributed by atoms with E-state index in [9.17, 15) is 4.79 Å². The van der Waals surface area contributed by atoms with E-state index in [1.807, 2.05) is 24.3 Å². The van der Waals surface area contributed by atoms with Gasteiger partial charge in [0.05, 0.1) is 42.8 Å². The first-order valence-corrected chi connectivity index (χ1v) is 10.8. The maximum atomic E-state index is 13.7. The largest absolute Gasteiger partial charge is 0.378 e. The minimum absolute atomic E-state index is 0.00538. The number of aromatic nitrogens is 2. The molecule has 2 aliphatic heterocycles. The van der Waals surface area contributed by atoms with E-state index in [1.165, 1.54) is 15.3 Å². The zero-order valence-electron chi connectivity index (χ0n) is 15.7. The van der Waals surface area contributed by atoms with E-state index in [2.05, 4.69) is 11.9 Å². The van der Waals surface area contributed by atoms with Crippen molar-refractivity contribution in [2.24, 2.45) is 0 Å². The van der Waals surface area contributed by atoms with Crippen molar-refractivity contribution in [2.75, 3.05) is 44.8 Å². The Morgan fingerprint density at radius 3 is 2.89 bits per heavy atom. The minimum Gasteiger partial charge on any atom is -0.378 e. The molecule has 0 bridgehead atoms. The number of fused-ring (bicyclic) bond motifs is 3. The van der Waals surface area contributed by atoms with Crippen molar-refractivity contribution in [3.05, 3.63) is 50.1 Å². The molecule has 0 radical (unpaired) electrons. The predicted octanol–water partition coefficient (Wildman–Crippen LogP) is 1.51. The Hall–Kier alpha value is -1.93. The Labute approximate surface area is 171 Å². The molecule has 1 atom stereocenters. The molecule has 1 N–H and O–H groups in total. The summed E-state index contributed by atoms with van der Waals surface area (Å²) in [6.45, 7) is 4.71. The van der Waals surface area contributed by atoms with Crippen LogP contribution in [0.4, 0.5) is 5.95 Å². The van der Waals surface area contributed by atoms with Crippen LogP contribution in [0.2, 0.25) is 5.02 Å². The van der Waals surface area contributed by atoms with Crippen LogP contribution in [0.1, 0.15) is 10.4 Å². The molecule has 146 valence electrons. The third kappa shape index (κ3) is 3.03. The quantitative estimate of drug-likeness (QED) is 0.686. The van der Waals surface area contributed by atoms with Gasteiger partial charge >= 0.3 is 0 Å². The van der Waals surface area contributed by atoms with Crippen LogP contribution in [0.25, 0.3) is 15.9 Å². The lowest BCUT2D eigenvalue weighted by Crippen LogP contribution is -3.08. The zero-order chi connectivity index (χ0) is 19.3. The van der Waals surface area contributed by atoms with Crippen LogP contribution in [0.5, 0.6) is 0 Å². The summed E-state index contributed by atoms with van der Waals surface area (Å²) in [5.74, 6) is 0.683. The number of likely N-dealkylation sites (N-methyl/N-ethyl adjacent to an activating group) is 1. The normalized spacial score (nSPS) is 19.8. The number of ether oxygens (including phenoxy) is 1. The SMILES string of the molecule is C[NH+]1CCc2c(sc3nc(N4CCOCC4)n(-c4cccc(Cl)c4)c(=O)c23)C1. The molecule has 4 heterocycles. The molecule has 6 nitrogen and oxygen atoms in total. The number of nitrogens with zero attached hydrogens (tertiary/aromatic N) is 3. The molecule has 0 aliphatic carbocycles. The fourth-order valence-corrected chi connectivity index (χ4v) is 5.58. The van der Waals surface area contributed by atoms with Crippen LogP contribution < -0.4 is 15.4 Å². The predicted molar refractivity (Wildman–Crippen MR) is 112 cm³/mol. The fourth-order valence-electron chi connectivity index (χ4n) is 4.07. The average molecular weight is 418 g/mol. The molecule has 28 heavy (non-hydrogen) atoms. The molecule has 2 aliphatic rings. The van der Waals surface area contributed by atoms with Crippen molar-refractivity contribution in [2.45, 2.75) is 13.0 Å². The molecule has 3 aromatic rings. The second kappa shape index (κ2) is 7.15. The maximum absolute atomic E-state index is 13.7. The fraction of sp³-hybridized carbons (Fsp3) is 0.400. The Kier molecular flexibility index (Phi) is 4.63. The van der Waals surface area contributed by atoms with Crippen molar-refractivity contribution >= 4 is 39.1 Å². The summed E-state index contributed by atoms with van der Waals surface area (Å²) in [4.78, 5) is 24.5. The lowest BCUT2D eigenvalue weighted by Gasteiger charge is -2.29. The van der Waals surface area contributed by atoms with Crippen LogP contribution >= 0.6 is 22.9 Å². The molecule has 8 heteroatoms. The first kappa shape index (κ1) is 18.1. The first-order valence-electron chi connectivity index (χ1n) is 9.59. The van der Waals surface area contributed by atoms with Gasteiger partial charge in [-0.05, 0) is 23.8 Å². The van der Waals surface area contributed by atoms with Gasteiger partial charge in [0.25, 0.3) is 5.56 Å². The van der Waals surface area contributed by atoms with Gasteiger partial charge in [0, 0.05) is 24.5 Å². The van der Waals surface area contributed by atoms with Crippen molar-refractivity contribution in [1.82, 2.24) is 9.55 Å². The van der Waals surface area contributed by atoms with Gasteiger partial charge < -0.3 is 14.5 Å². The second-order valence-corrected chi connectivity index (χ2v) is 8.97. The highest BCUT2D eigenvalue weighted by Crippen LogP contribution is 2.32. The van der Waals surface area contributed by atoms with E-state index in [0.29, 0.717) is 24.2 Å². The molecule has 0 saturated carbocycles. The average Bonchev–Trinajstić information content (AvgIpc) is 3.06. The number of hydrogen-bond acceptors (Lipinski definition) is 5. The molecule has 0 amide bonds. The molecule has 1 saturated heterocycles. The first-order chi connectivity index (χ1) is 13.6. The summed E-state index contributed by atoms with van der Waals surface area (Å²) in [5.41, 5.74) is 1.95. The highest BCUT2D eigenvalue weighted by molar-refractivity contribution is 7.18. The van der Waals surface area contributed by atoms with Crippen LogP contribution in [-0.2, 0) is 17.7 Å². The number of quaternary nitrogens is 1. The number of rotatable bonds is 2. The molecule has 0 spiro atoms. The number of morpholine rings is 1. The number of nitrogens with one attached hydrogen (secondary N) is 1. The number of anilines is 1. The van der Waals surface area contributed by atoms with Gasteiger partial charge in [-0.1, -0.05) is 17.7 Å². The van der Waals surface area contributed by atoms with Crippen LogP contribution in [0, 0.1) is 0 Å². The van der Waals surface area contributed by atoms with Crippen molar-refractivity contribution in [1.29, 1.82) is 0 Å². The monoisotopic (exact) mass is 417 g/mol. The number of benzene rings is 1. The smallest absolute Gasteiger partial charge is 0.268 e. The Morgan fingerprint density at radius 2 is 2.11 bits per heavy atom. The van der Waals surface area contributed by atoms with Crippen molar-refractivity contribution in [3.63, 3.8) is 0 Å². The van der Waals surface area contributed by atoms with Gasteiger partial charge in [-0.15, -0.1) is 11.3 Å². The molecular formula is C20H22ClN4O2S+. The minimum atomic E-state index is 0.00538. The highest BCUT2D eigenvalue weighted by atomic mass is 35.5. The third-order valence-electron chi connectivity index (χ3n) is 5.52. The standard InChI is InChI=1S/C20H21ClN4O2S/c1-23-6-5-15-16(12-23)28-18-17(15)19(26)25(14-4-2-3-13(21)11-14)20(22-18)24-7-9-27-10-8-24/h2-4,11H,5-10,12H2,1H3/p+1. The van der Waals surface area contributed by atoms with E-state index in [4.69, 9.17) is 21.3 Å². The van der Waals surface area contributed by atoms with Crippen LogP contribution in [-0.4, -0.2) is 49.4 Å². The van der Waals surface area contributed by atoms with Crippen molar-refractivity contribution < 1.29 is 9.64 Å². The Morgan fingerprint density at radius 1 is 1.29 bits per heavy atom. The second-order valence-electron chi connectivity index (χ2n) is 7.45. The Bertz CT molecular complexity index is 1100. The summed E-state index contributed by atoms with van der Waals surface area (Å²) in [5, 5.41) is 1.39. The van der Waals surface area contributed by atoms with Crippen molar-refractivity contribution in [3.8, 4) is 5.69 Å². The molecule has 5 rings (SSSR count). The molecular weight excluding hydrogens is 396 g/mol. The number of thiophene rings is 1. The van der Waals surface area contributed by atoms with E-state index in [0.717, 1.165) is 48.5 Å². The number of halogens is 1. The number of hydrogen-bond donors (Lipinski definition) is 1. The van der Waals surface area contributed by atoms with Gasteiger partial charge in [-0.25, -0.2) is 9.55 Å². The summed E-state index contributed by atoms with van der Waals surface area (Å²) in [7, 11) is 2.20. The summed E-state index contributed by atoms with van der Waals surface area (Å²) in [6, 6.07) is 7.44. The van der Waals surface area contributed by atoms with Crippen LogP contribution in [0.3, 0.4) is 0 Å². The van der Waals surface area contributed by atoms with Gasteiger partial charge in [0.15, 0.2) is 0 Å². The molecule has 2 aromatic heterocycles. The topological polar surface area (TPSA) is 51.8 Å². The van der Waals surface area contributed by atoms with Gasteiger partial charge in [-0.3, -0.25) is 4.79 Å². The lowest BCUT2D eigenvalue weighted by atomic mass is 10.1. The van der Waals surface area contributed by atoms with Gasteiger partial charge in [-0.2, -0.15) is 0 Å². The summed E-state index contributed by atoms with van der Waals surface area (Å²) >= 11 is 7.92. The maximum Gasteiger partial charge on any atom is 0.268 e. The molecule has 1 aromatic carbocycles. The van der Waals surface area contributed by atoms with E-state index < -0.39 is 0 Å². The summed E-state index contributed by atoms with van der Waals surface area (Å²) < 4.78 is 7.24. The third-order valence-corrected chi connectivity index (χ3v) is 6.88. The highest BCUT2D eigenvalue weighted by Gasteiger charge is 2.28. The summed E-state index contributed by atoms with van der Waals surface area (Å²) in [6.07, 6.45) is 0.921. The Balaban J connectivity index is 1.79. The zero-order valence-corrected chi connectivity index (χ0v) is 17.3. The van der Waals surface area contributed by atoms with Gasteiger partial charge in [0.2, 0.25) is 5.95 Å². The van der Waals surface area contributed by atoms with E-state index in [1.54, 1.807) is 15.9 Å². The van der Waals surface area contributed by atoms with E-state index >= 15 is 0 Å².